The molecule has 5 nitrogen and oxygen atoms in total. The van der Waals surface area contributed by atoms with Crippen molar-refractivity contribution in [3.8, 4) is 17.4 Å². The van der Waals surface area contributed by atoms with E-state index in [0.717, 1.165) is 77.1 Å². The second-order valence-electron chi connectivity index (χ2n) is 12.3. The fourth-order valence-corrected chi connectivity index (χ4v) is 9.97. The van der Waals surface area contributed by atoms with Crippen molar-refractivity contribution in [2.45, 2.75) is 0 Å². The van der Waals surface area contributed by atoms with Gasteiger partial charge in [0.15, 0.2) is 0 Å². The first-order valence-corrected chi connectivity index (χ1v) is 17.6. The number of fused-ring (bicyclic) bond motifs is 13. The minimum atomic E-state index is 0.221. The standard InChI is InChI=1S/C42H22N4OSe/c43-23-24-11-15-35-30(20-24)27-6-1-3-8-33(27)45(35)25-12-17-38-31(21-25)32-22-26(13-18-39(32)48-38)46-34-9-4-2-7-28(34)40-36(46)16-14-29-41-37(47-42(29)40)10-5-19-44-41/h1-22H. The van der Waals surface area contributed by atoms with Crippen LogP contribution in [0.25, 0.3) is 96.3 Å². The summed E-state index contributed by atoms with van der Waals surface area (Å²) in [4.78, 5) is 4.64. The molecule has 0 aliphatic rings. The fourth-order valence-electron chi connectivity index (χ4n) is 7.74. The zero-order valence-electron chi connectivity index (χ0n) is 25.3. The van der Waals surface area contributed by atoms with Gasteiger partial charge in [0.05, 0.1) is 0 Å². The topological polar surface area (TPSA) is 59.7 Å². The van der Waals surface area contributed by atoms with Gasteiger partial charge in [-0.2, -0.15) is 0 Å². The Morgan fingerprint density at radius 2 is 1.23 bits per heavy atom. The molecule has 0 amide bonds. The predicted octanol–water partition coefficient (Wildman–Crippen LogP) is 10.4. The minimum absolute atomic E-state index is 0.221. The zero-order chi connectivity index (χ0) is 31.5. The van der Waals surface area contributed by atoms with Gasteiger partial charge in [-0.3, -0.25) is 0 Å². The van der Waals surface area contributed by atoms with Crippen LogP contribution in [0, 0.1) is 11.3 Å². The van der Waals surface area contributed by atoms with Gasteiger partial charge >= 0.3 is 280 Å². The quantitative estimate of drug-likeness (QED) is 0.171. The van der Waals surface area contributed by atoms with Crippen LogP contribution in [-0.2, 0) is 0 Å². The molecule has 0 bridgehead atoms. The third kappa shape index (κ3) is 3.41. The van der Waals surface area contributed by atoms with E-state index in [9.17, 15) is 5.26 Å². The predicted molar refractivity (Wildman–Crippen MR) is 197 cm³/mol. The fraction of sp³-hybridized carbons (Fsp3) is 0. The molecule has 6 heteroatoms. The van der Waals surface area contributed by atoms with E-state index in [1.165, 1.54) is 19.3 Å². The molecule has 0 spiro atoms. The van der Waals surface area contributed by atoms with Crippen LogP contribution in [-0.4, -0.2) is 28.6 Å². The van der Waals surface area contributed by atoms with E-state index >= 15 is 0 Å². The van der Waals surface area contributed by atoms with E-state index in [0.29, 0.717) is 5.56 Å². The zero-order valence-corrected chi connectivity index (χ0v) is 27.0. The van der Waals surface area contributed by atoms with Gasteiger partial charge in [0.2, 0.25) is 0 Å². The third-order valence-electron chi connectivity index (χ3n) is 9.78. The summed E-state index contributed by atoms with van der Waals surface area (Å²) >= 11 is 0.221. The van der Waals surface area contributed by atoms with Gasteiger partial charge in [-0.25, -0.2) is 0 Å². The SMILES string of the molecule is N#Cc1ccc2c(c1)c1ccccc1n2-c1ccc2[se]c3ccc(-n4c5ccccc5c5c6oc7cccnc7c6ccc54)cc3c2c1. The van der Waals surface area contributed by atoms with Crippen molar-refractivity contribution in [1.82, 2.24) is 14.1 Å². The molecule has 0 fully saturated rings. The molecule has 6 aromatic carbocycles. The van der Waals surface area contributed by atoms with E-state index in [4.69, 9.17) is 4.42 Å². The van der Waals surface area contributed by atoms with Crippen molar-refractivity contribution in [1.29, 1.82) is 5.26 Å². The number of aromatic nitrogens is 3. The molecule has 0 saturated heterocycles. The number of pyridine rings is 1. The Balaban J connectivity index is 1.17. The third-order valence-corrected chi connectivity index (χ3v) is 12.2. The molecule has 222 valence electrons. The van der Waals surface area contributed by atoms with E-state index < -0.39 is 0 Å². The molecule has 0 aliphatic heterocycles. The summed E-state index contributed by atoms with van der Waals surface area (Å²) in [7, 11) is 0. The summed E-state index contributed by atoms with van der Waals surface area (Å²) in [5, 5.41) is 17.7. The Bertz CT molecular complexity index is 3200. The molecule has 0 saturated carbocycles. The molecule has 11 aromatic rings. The van der Waals surface area contributed by atoms with Gasteiger partial charge in [0.1, 0.15) is 0 Å². The van der Waals surface area contributed by atoms with E-state index in [1.54, 1.807) is 0 Å². The maximum absolute atomic E-state index is 9.61. The average molecular weight is 678 g/mol. The van der Waals surface area contributed by atoms with Crippen LogP contribution in [0.3, 0.4) is 0 Å². The molecule has 5 aromatic heterocycles. The Labute approximate surface area is 278 Å². The molecule has 48 heavy (non-hydrogen) atoms. The van der Waals surface area contributed by atoms with Crippen molar-refractivity contribution in [2.75, 3.05) is 0 Å². The number of hydrogen-bond donors (Lipinski definition) is 0. The molecular weight excluding hydrogens is 655 g/mol. The van der Waals surface area contributed by atoms with Crippen LogP contribution in [0.1, 0.15) is 5.56 Å². The number of furan rings is 1. The van der Waals surface area contributed by atoms with Crippen LogP contribution >= 0.6 is 0 Å². The second-order valence-corrected chi connectivity index (χ2v) is 14.6. The summed E-state index contributed by atoms with van der Waals surface area (Å²) in [6, 6.07) is 47.5. The van der Waals surface area contributed by atoms with Crippen molar-refractivity contribution in [3.05, 3.63) is 139 Å². The molecule has 11 rings (SSSR count). The molecule has 0 atom stereocenters. The summed E-state index contributed by atoms with van der Waals surface area (Å²) in [6.07, 6.45) is 1.83. The number of rotatable bonds is 2. The Hall–Kier alpha value is -6.12. The van der Waals surface area contributed by atoms with Crippen molar-refractivity contribution >= 4 is 99.5 Å². The van der Waals surface area contributed by atoms with Crippen LogP contribution in [0.4, 0.5) is 0 Å². The average Bonchev–Trinajstić information content (AvgIpc) is 3.88. The number of nitrogens with zero attached hydrogens (tertiary/aromatic N) is 4. The molecule has 0 aliphatic carbocycles. The van der Waals surface area contributed by atoms with Crippen LogP contribution in [0.15, 0.2) is 138 Å². The van der Waals surface area contributed by atoms with Gasteiger partial charge in [-0.05, 0) is 0 Å². The second kappa shape index (κ2) is 9.46. The number of nitriles is 1. The van der Waals surface area contributed by atoms with E-state index in [-0.39, 0.29) is 14.5 Å². The first-order valence-electron chi connectivity index (χ1n) is 15.8. The molecule has 5 heterocycles. The summed E-state index contributed by atoms with van der Waals surface area (Å²) < 4.78 is 14.0. The Morgan fingerprint density at radius 1 is 0.562 bits per heavy atom. The Morgan fingerprint density at radius 3 is 2.00 bits per heavy atom. The normalized spacial score (nSPS) is 12.1. The van der Waals surface area contributed by atoms with Gasteiger partial charge in [-0.15, -0.1) is 0 Å². The van der Waals surface area contributed by atoms with E-state index in [1.807, 2.05) is 30.5 Å². The monoisotopic (exact) mass is 678 g/mol. The first kappa shape index (κ1) is 26.0. The Kier molecular flexibility index (Phi) is 5.13. The molecular formula is C42H22N4OSe. The van der Waals surface area contributed by atoms with Gasteiger partial charge in [-0.1, -0.05) is 0 Å². The number of para-hydroxylation sites is 2. The summed E-state index contributed by atoms with van der Waals surface area (Å²) in [5.74, 6) is 0. The van der Waals surface area contributed by atoms with Crippen molar-refractivity contribution < 1.29 is 4.42 Å². The van der Waals surface area contributed by atoms with Crippen LogP contribution in [0.2, 0.25) is 0 Å². The summed E-state index contributed by atoms with van der Waals surface area (Å²) in [6.45, 7) is 0. The number of benzene rings is 6. The van der Waals surface area contributed by atoms with Gasteiger partial charge < -0.3 is 0 Å². The number of hydrogen-bond acceptors (Lipinski definition) is 3. The maximum atomic E-state index is 9.61. The van der Waals surface area contributed by atoms with Gasteiger partial charge in [0.25, 0.3) is 0 Å². The van der Waals surface area contributed by atoms with Gasteiger partial charge in [0, 0.05) is 0 Å². The first-order chi connectivity index (χ1) is 23.7. The summed E-state index contributed by atoms with van der Waals surface area (Å²) in [5.41, 5.74) is 10.00. The van der Waals surface area contributed by atoms with Crippen molar-refractivity contribution in [3.63, 3.8) is 0 Å². The van der Waals surface area contributed by atoms with Crippen LogP contribution < -0.4 is 0 Å². The molecule has 0 unspecified atom stereocenters. The van der Waals surface area contributed by atoms with Crippen molar-refractivity contribution in [2.24, 2.45) is 0 Å². The molecule has 0 radical (unpaired) electrons. The molecule has 0 N–H and O–H groups in total. The van der Waals surface area contributed by atoms with E-state index in [2.05, 4.69) is 123 Å². The van der Waals surface area contributed by atoms with Crippen LogP contribution in [0.5, 0.6) is 0 Å².